The summed E-state index contributed by atoms with van der Waals surface area (Å²) in [6.07, 6.45) is 8.66. The average Bonchev–Trinajstić information content (AvgIpc) is 3.25. The Labute approximate surface area is 323 Å². The van der Waals surface area contributed by atoms with Crippen LogP contribution in [-0.4, -0.2) is 0 Å². The fraction of sp³-hybridized carbons (Fsp3) is 0.0769. The predicted molar refractivity (Wildman–Crippen MR) is 233 cm³/mol. The van der Waals surface area contributed by atoms with Gasteiger partial charge in [0.2, 0.25) is 0 Å². The summed E-state index contributed by atoms with van der Waals surface area (Å²) in [5.41, 5.74) is 19.2. The molecule has 1 unspecified atom stereocenters. The Morgan fingerprint density at radius 3 is 2.02 bits per heavy atom. The molecular weight excluding hydrogens is 669 g/mol. The third-order valence-electron chi connectivity index (χ3n) is 10.8. The van der Waals surface area contributed by atoms with Crippen molar-refractivity contribution in [1.82, 2.24) is 0 Å². The molecule has 0 radical (unpaired) electrons. The molecule has 8 aromatic carbocycles. The first-order valence-corrected chi connectivity index (χ1v) is 19.1. The van der Waals surface area contributed by atoms with Crippen molar-refractivity contribution in [3.05, 3.63) is 205 Å². The summed E-state index contributed by atoms with van der Waals surface area (Å²) in [4.78, 5) is 2.35. The van der Waals surface area contributed by atoms with E-state index < -0.39 is 0 Å². The summed E-state index contributed by atoms with van der Waals surface area (Å²) in [7, 11) is 0. The molecule has 0 aromatic heterocycles. The van der Waals surface area contributed by atoms with Crippen LogP contribution in [0.2, 0.25) is 0 Å². The van der Waals surface area contributed by atoms with Crippen molar-refractivity contribution in [2.45, 2.75) is 25.9 Å². The quantitative estimate of drug-likeness (QED) is 0.152. The minimum absolute atomic E-state index is 0.166. The number of para-hydroxylation sites is 1. The van der Waals surface area contributed by atoms with Gasteiger partial charge in [-0.3, -0.25) is 0 Å². The summed E-state index contributed by atoms with van der Waals surface area (Å²) >= 11 is 0. The smallest absolute Gasteiger partial charge is 0.143 e. The van der Waals surface area contributed by atoms with Crippen molar-refractivity contribution in [3.8, 4) is 28.0 Å². The molecule has 0 amide bonds. The highest BCUT2D eigenvalue weighted by molar-refractivity contribution is 5.99. The van der Waals surface area contributed by atoms with Crippen LogP contribution in [0.4, 0.5) is 22.7 Å². The van der Waals surface area contributed by atoms with Crippen LogP contribution in [0.3, 0.4) is 0 Å². The van der Waals surface area contributed by atoms with Gasteiger partial charge in [0.1, 0.15) is 11.9 Å². The van der Waals surface area contributed by atoms with E-state index >= 15 is 0 Å². The number of ether oxygens (including phenoxy) is 1. The van der Waals surface area contributed by atoms with E-state index in [4.69, 9.17) is 10.5 Å². The van der Waals surface area contributed by atoms with Crippen molar-refractivity contribution in [2.24, 2.45) is 0 Å². The molecule has 0 saturated heterocycles. The molecule has 0 saturated carbocycles. The van der Waals surface area contributed by atoms with Gasteiger partial charge < -0.3 is 15.4 Å². The normalized spacial score (nSPS) is 13.1. The molecule has 1 aliphatic rings. The molecule has 8 aromatic rings. The minimum Gasteiger partial charge on any atom is -0.484 e. The molecule has 1 atom stereocenters. The van der Waals surface area contributed by atoms with E-state index in [2.05, 4.69) is 200 Å². The summed E-state index contributed by atoms with van der Waals surface area (Å²) in [5.74, 6) is 0.683. The predicted octanol–water partition coefficient (Wildman–Crippen LogP) is 14.3. The maximum atomic E-state index is 6.86. The van der Waals surface area contributed by atoms with Gasteiger partial charge in [0.15, 0.2) is 0 Å². The number of benzene rings is 8. The molecule has 0 aliphatic heterocycles. The Bertz CT molecular complexity index is 2690. The van der Waals surface area contributed by atoms with E-state index in [0.717, 1.165) is 57.4 Å². The second-order valence-electron chi connectivity index (χ2n) is 14.3. The molecule has 9 rings (SSSR count). The molecule has 0 fully saturated rings. The zero-order valence-electron chi connectivity index (χ0n) is 30.9. The second kappa shape index (κ2) is 14.9. The van der Waals surface area contributed by atoms with Gasteiger partial charge in [-0.05, 0) is 112 Å². The summed E-state index contributed by atoms with van der Waals surface area (Å²) in [6, 6.07) is 62.6. The number of nitrogens with zero attached hydrogens (tertiary/aromatic N) is 1. The van der Waals surface area contributed by atoms with Gasteiger partial charge in [0.05, 0.1) is 11.4 Å². The maximum Gasteiger partial charge on any atom is 0.143 e. The number of rotatable bonds is 9. The Kier molecular flexibility index (Phi) is 9.19. The molecule has 55 heavy (non-hydrogen) atoms. The molecule has 2 N–H and O–H groups in total. The standard InChI is InChI=1S/C52H42N2O/c1-36(43-25-24-38-14-8-9-17-44(38)34-43)55-51-33-28-45-35-47(31-32-49(45)52(51)53)54(50-19-11-10-18-48(50)42-15-6-3-7-16-42)46-29-26-41(27-30-46)40-22-20-39(21-23-40)37-12-4-2-5-13-37/h2-4,6-12,14-36H,5,13,53H2,1H3. The zero-order chi connectivity index (χ0) is 37.1. The number of hydrogen-bond donors (Lipinski definition) is 1. The van der Waals surface area contributed by atoms with Gasteiger partial charge in [-0.2, -0.15) is 0 Å². The van der Waals surface area contributed by atoms with Crippen molar-refractivity contribution in [1.29, 1.82) is 0 Å². The van der Waals surface area contributed by atoms with E-state index in [1.54, 1.807) is 0 Å². The topological polar surface area (TPSA) is 38.5 Å². The maximum absolute atomic E-state index is 6.86. The van der Waals surface area contributed by atoms with Crippen LogP contribution in [0.1, 0.15) is 37.0 Å². The number of nitrogen functional groups attached to an aromatic ring is 1. The lowest BCUT2D eigenvalue weighted by Crippen LogP contribution is -2.11. The molecule has 266 valence electrons. The Hall–Kier alpha value is -6.84. The van der Waals surface area contributed by atoms with Crippen LogP contribution in [0, 0.1) is 0 Å². The number of nitrogens with two attached hydrogens (primary N) is 1. The van der Waals surface area contributed by atoms with Gasteiger partial charge in [0, 0.05) is 22.3 Å². The van der Waals surface area contributed by atoms with Crippen molar-refractivity contribution in [3.63, 3.8) is 0 Å². The molecule has 3 heteroatoms. The number of anilines is 4. The van der Waals surface area contributed by atoms with Gasteiger partial charge >= 0.3 is 0 Å². The molecule has 0 bridgehead atoms. The van der Waals surface area contributed by atoms with Crippen molar-refractivity contribution in [2.75, 3.05) is 10.6 Å². The largest absolute Gasteiger partial charge is 0.484 e. The fourth-order valence-corrected chi connectivity index (χ4v) is 7.76. The zero-order valence-corrected chi connectivity index (χ0v) is 30.9. The summed E-state index contributed by atoms with van der Waals surface area (Å²) in [6.45, 7) is 2.08. The molecule has 0 heterocycles. The second-order valence-corrected chi connectivity index (χ2v) is 14.3. The van der Waals surface area contributed by atoms with Gasteiger partial charge in [-0.15, -0.1) is 0 Å². The first-order chi connectivity index (χ1) is 27.1. The van der Waals surface area contributed by atoms with Crippen molar-refractivity contribution >= 4 is 49.9 Å². The van der Waals surface area contributed by atoms with Crippen LogP contribution < -0.4 is 15.4 Å². The van der Waals surface area contributed by atoms with Crippen LogP contribution in [0.25, 0.3) is 49.4 Å². The lowest BCUT2D eigenvalue weighted by Gasteiger charge is -2.28. The van der Waals surface area contributed by atoms with E-state index in [-0.39, 0.29) is 6.10 Å². The first kappa shape index (κ1) is 34.0. The monoisotopic (exact) mass is 710 g/mol. The summed E-state index contributed by atoms with van der Waals surface area (Å²) in [5, 5.41) is 4.42. The fourth-order valence-electron chi connectivity index (χ4n) is 7.76. The summed E-state index contributed by atoms with van der Waals surface area (Å²) < 4.78 is 6.51. The highest BCUT2D eigenvalue weighted by Gasteiger charge is 2.19. The van der Waals surface area contributed by atoms with Crippen LogP contribution >= 0.6 is 0 Å². The number of fused-ring (bicyclic) bond motifs is 2. The molecule has 0 spiro atoms. The molecule has 3 nitrogen and oxygen atoms in total. The lowest BCUT2D eigenvalue weighted by molar-refractivity contribution is 0.229. The van der Waals surface area contributed by atoms with E-state index in [1.807, 2.05) is 6.07 Å². The van der Waals surface area contributed by atoms with Crippen molar-refractivity contribution < 1.29 is 4.74 Å². The van der Waals surface area contributed by atoms with E-state index in [0.29, 0.717) is 11.4 Å². The molecular formula is C52H42N2O. The van der Waals surface area contributed by atoms with Crippen LogP contribution in [-0.2, 0) is 0 Å². The Balaban J connectivity index is 1.07. The first-order valence-electron chi connectivity index (χ1n) is 19.1. The molecule has 1 aliphatic carbocycles. The number of hydrogen-bond acceptors (Lipinski definition) is 3. The third kappa shape index (κ3) is 6.89. The average molecular weight is 711 g/mol. The van der Waals surface area contributed by atoms with E-state index in [9.17, 15) is 0 Å². The number of allylic oxidation sites excluding steroid dienone is 4. The highest BCUT2D eigenvalue weighted by Crippen LogP contribution is 2.43. The van der Waals surface area contributed by atoms with E-state index in [1.165, 1.54) is 33.0 Å². The Morgan fingerprint density at radius 2 is 1.24 bits per heavy atom. The van der Waals surface area contributed by atoms with Gasteiger partial charge in [0.25, 0.3) is 0 Å². The Morgan fingerprint density at radius 1 is 0.564 bits per heavy atom. The van der Waals surface area contributed by atoms with Gasteiger partial charge in [-0.1, -0.05) is 152 Å². The minimum atomic E-state index is -0.166. The SMILES string of the molecule is CC(Oc1ccc2cc(N(c3ccc(-c4ccc(C5=CC=CCC5)cc4)cc3)c3ccccc3-c3ccccc3)ccc2c1N)c1ccc2ccccc2c1. The van der Waals surface area contributed by atoms with Gasteiger partial charge in [-0.25, -0.2) is 0 Å². The van der Waals surface area contributed by atoms with Crippen LogP contribution in [0.15, 0.2) is 194 Å². The lowest BCUT2D eigenvalue weighted by atomic mass is 9.95. The van der Waals surface area contributed by atoms with Crippen LogP contribution in [0.5, 0.6) is 5.75 Å². The third-order valence-corrected chi connectivity index (χ3v) is 10.8. The highest BCUT2D eigenvalue weighted by atomic mass is 16.5.